The Kier molecular flexibility index (Phi) is 5.29. The molecule has 0 fully saturated rings. The van der Waals surface area contributed by atoms with Crippen LogP contribution < -0.4 is 15.6 Å². The number of hydrogen-bond acceptors (Lipinski definition) is 3. The summed E-state index contributed by atoms with van der Waals surface area (Å²) >= 11 is 0. The summed E-state index contributed by atoms with van der Waals surface area (Å²) in [5.74, 6) is 0.436. The monoisotopic (exact) mass is 386 g/mol. The third kappa shape index (κ3) is 4.46. The van der Waals surface area contributed by atoms with Gasteiger partial charge in [0.2, 0.25) is 0 Å². The molecule has 2 N–H and O–H groups in total. The summed E-state index contributed by atoms with van der Waals surface area (Å²) in [6, 6.07) is 21.5. The summed E-state index contributed by atoms with van der Waals surface area (Å²) in [5.41, 5.74) is 2.45. The van der Waals surface area contributed by atoms with E-state index < -0.39 is 0 Å². The summed E-state index contributed by atoms with van der Waals surface area (Å²) in [4.78, 5) is 27.2. The van der Waals surface area contributed by atoms with Gasteiger partial charge < -0.3 is 15.0 Å². The van der Waals surface area contributed by atoms with Gasteiger partial charge in [-0.2, -0.15) is 0 Å². The first kappa shape index (κ1) is 18.7. The molecule has 1 heterocycles. The Morgan fingerprint density at radius 2 is 1.76 bits per heavy atom. The zero-order valence-corrected chi connectivity index (χ0v) is 16.2. The van der Waals surface area contributed by atoms with Crippen molar-refractivity contribution in [1.82, 2.24) is 10.3 Å². The summed E-state index contributed by atoms with van der Waals surface area (Å²) in [6.45, 7) is 2.30. The molecule has 0 atom stereocenters. The number of H-pyrrole nitrogens is 1. The van der Waals surface area contributed by atoms with Gasteiger partial charge in [-0.3, -0.25) is 9.59 Å². The number of carbonyl (C=O) groups excluding carboxylic acids is 1. The highest BCUT2D eigenvalue weighted by molar-refractivity contribution is 5.84. The van der Waals surface area contributed by atoms with E-state index in [0.29, 0.717) is 24.3 Å². The smallest absolute Gasteiger partial charge is 0.257 e. The molecule has 0 saturated carbocycles. The average molecular weight is 386 g/mol. The van der Waals surface area contributed by atoms with Crippen molar-refractivity contribution in [3.8, 4) is 5.75 Å². The number of benzene rings is 3. The highest BCUT2D eigenvalue weighted by Gasteiger charge is 2.06. The number of nitrogens with one attached hydrogen (secondary N) is 2. The Labute approximate surface area is 168 Å². The largest absolute Gasteiger partial charge is 0.484 e. The van der Waals surface area contributed by atoms with Gasteiger partial charge >= 0.3 is 0 Å². The molecule has 0 bridgehead atoms. The second kappa shape index (κ2) is 8.19. The number of aromatic nitrogens is 1. The molecule has 146 valence electrons. The lowest BCUT2D eigenvalue weighted by Crippen LogP contribution is -2.31. The van der Waals surface area contributed by atoms with Crippen LogP contribution in [0.1, 0.15) is 11.1 Å². The van der Waals surface area contributed by atoms with E-state index in [2.05, 4.69) is 10.3 Å². The van der Waals surface area contributed by atoms with Crippen molar-refractivity contribution < 1.29 is 9.53 Å². The van der Waals surface area contributed by atoms with E-state index >= 15 is 0 Å². The molecule has 0 aliphatic heterocycles. The molecule has 0 radical (unpaired) electrons. The van der Waals surface area contributed by atoms with E-state index in [1.165, 1.54) is 0 Å². The summed E-state index contributed by atoms with van der Waals surface area (Å²) in [5, 5.41) is 5.98. The number of hydrogen-bond donors (Lipinski definition) is 2. The number of ether oxygens (including phenoxy) is 1. The second-order valence-electron chi connectivity index (χ2n) is 7.11. The quantitative estimate of drug-likeness (QED) is 0.530. The Hall–Kier alpha value is -3.60. The fourth-order valence-electron chi connectivity index (χ4n) is 3.34. The van der Waals surface area contributed by atoms with Crippen molar-refractivity contribution >= 4 is 27.6 Å². The van der Waals surface area contributed by atoms with Crippen LogP contribution >= 0.6 is 0 Å². The van der Waals surface area contributed by atoms with Crippen molar-refractivity contribution in [1.29, 1.82) is 0 Å². The molecule has 3 aromatic carbocycles. The van der Waals surface area contributed by atoms with Crippen LogP contribution in [0, 0.1) is 6.92 Å². The third-order valence-electron chi connectivity index (χ3n) is 4.89. The summed E-state index contributed by atoms with van der Waals surface area (Å²) < 4.78 is 5.59. The van der Waals surface area contributed by atoms with Gasteiger partial charge in [0, 0.05) is 17.6 Å². The van der Waals surface area contributed by atoms with Gasteiger partial charge in [0.05, 0.1) is 0 Å². The minimum absolute atomic E-state index is 0.0638. The van der Waals surface area contributed by atoms with Crippen LogP contribution in [0.5, 0.6) is 5.75 Å². The number of aromatic amines is 1. The first-order valence-electron chi connectivity index (χ1n) is 9.59. The third-order valence-corrected chi connectivity index (χ3v) is 4.89. The first-order chi connectivity index (χ1) is 14.1. The van der Waals surface area contributed by atoms with Crippen LogP contribution in [0.4, 0.5) is 0 Å². The number of fused-ring (bicyclic) bond motifs is 2. The van der Waals surface area contributed by atoms with Crippen molar-refractivity contribution in [3.63, 3.8) is 0 Å². The maximum absolute atomic E-state index is 12.2. The Balaban J connectivity index is 1.31. The van der Waals surface area contributed by atoms with Gasteiger partial charge in [0.15, 0.2) is 6.61 Å². The molecule has 0 spiro atoms. The van der Waals surface area contributed by atoms with E-state index in [4.69, 9.17) is 4.74 Å². The molecule has 0 aliphatic carbocycles. The Bertz CT molecular complexity index is 1240. The number of rotatable bonds is 6. The lowest BCUT2D eigenvalue weighted by atomic mass is 10.1. The van der Waals surface area contributed by atoms with Crippen molar-refractivity contribution in [3.05, 3.63) is 88.2 Å². The number of carbonyl (C=O) groups is 1. The minimum atomic E-state index is -0.217. The van der Waals surface area contributed by atoms with Crippen molar-refractivity contribution in [2.45, 2.75) is 13.3 Å². The predicted octanol–water partition coefficient (Wildman–Crippen LogP) is 3.73. The Morgan fingerprint density at radius 3 is 2.62 bits per heavy atom. The lowest BCUT2D eigenvalue weighted by molar-refractivity contribution is -0.123. The van der Waals surface area contributed by atoms with E-state index in [0.717, 1.165) is 27.2 Å². The number of pyridine rings is 1. The van der Waals surface area contributed by atoms with Gasteiger partial charge in [-0.15, -0.1) is 0 Å². The molecule has 5 nitrogen and oxygen atoms in total. The normalized spacial score (nSPS) is 10.9. The molecule has 1 aromatic heterocycles. The molecule has 4 aromatic rings. The van der Waals surface area contributed by atoms with E-state index in [1.807, 2.05) is 73.7 Å². The van der Waals surface area contributed by atoms with E-state index in [9.17, 15) is 9.59 Å². The molecule has 29 heavy (non-hydrogen) atoms. The number of aryl methyl sites for hydroxylation is 1. The maximum Gasteiger partial charge on any atom is 0.257 e. The Morgan fingerprint density at radius 1 is 0.966 bits per heavy atom. The van der Waals surface area contributed by atoms with Gasteiger partial charge in [-0.1, -0.05) is 42.5 Å². The zero-order valence-electron chi connectivity index (χ0n) is 16.2. The molecular weight excluding hydrogens is 364 g/mol. The molecule has 4 rings (SSSR count). The molecule has 0 aliphatic rings. The predicted molar refractivity (Wildman–Crippen MR) is 115 cm³/mol. The van der Waals surface area contributed by atoms with Crippen LogP contribution in [0.15, 0.2) is 71.5 Å². The SMILES string of the molecule is Cc1ccc2cc(CCNC(=O)COc3ccc4ccccc4c3)c(=O)[nH]c2c1. The molecule has 5 heteroatoms. The highest BCUT2D eigenvalue weighted by atomic mass is 16.5. The maximum atomic E-state index is 12.2. The van der Waals surface area contributed by atoms with Crippen LogP contribution in [0.25, 0.3) is 21.7 Å². The fraction of sp³-hybridized carbons (Fsp3) is 0.167. The molecule has 0 saturated heterocycles. The highest BCUT2D eigenvalue weighted by Crippen LogP contribution is 2.20. The standard InChI is InChI=1S/C24H22N2O3/c1-16-6-7-19-13-20(24(28)26-22(19)12-16)10-11-25-23(27)15-29-21-9-8-17-4-2-3-5-18(17)14-21/h2-9,12-14H,10-11,15H2,1H3,(H,25,27)(H,26,28). The van der Waals surface area contributed by atoms with Crippen molar-refractivity contribution in [2.24, 2.45) is 0 Å². The molecule has 0 unspecified atom stereocenters. The van der Waals surface area contributed by atoms with Gasteiger partial charge in [-0.25, -0.2) is 0 Å². The van der Waals surface area contributed by atoms with Gasteiger partial charge in [0.1, 0.15) is 5.75 Å². The number of amides is 1. The van der Waals surface area contributed by atoms with E-state index in [1.54, 1.807) is 0 Å². The summed E-state index contributed by atoms with van der Waals surface area (Å²) in [6.07, 6.45) is 0.459. The zero-order chi connectivity index (χ0) is 20.2. The second-order valence-corrected chi connectivity index (χ2v) is 7.11. The van der Waals surface area contributed by atoms with E-state index in [-0.39, 0.29) is 18.1 Å². The summed E-state index contributed by atoms with van der Waals surface area (Å²) in [7, 11) is 0. The topological polar surface area (TPSA) is 71.2 Å². The van der Waals surface area contributed by atoms with Crippen LogP contribution in [0.2, 0.25) is 0 Å². The minimum Gasteiger partial charge on any atom is -0.484 e. The lowest BCUT2D eigenvalue weighted by Gasteiger charge is -2.09. The molecular formula is C24H22N2O3. The molecule has 1 amide bonds. The average Bonchev–Trinajstić information content (AvgIpc) is 2.72. The van der Waals surface area contributed by atoms with Gasteiger partial charge in [0.25, 0.3) is 11.5 Å². The van der Waals surface area contributed by atoms with Crippen LogP contribution in [-0.2, 0) is 11.2 Å². The first-order valence-corrected chi connectivity index (χ1v) is 9.59. The fourth-order valence-corrected chi connectivity index (χ4v) is 3.34. The van der Waals surface area contributed by atoms with Gasteiger partial charge in [-0.05, 0) is 59.3 Å². The van der Waals surface area contributed by atoms with Crippen LogP contribution in [0.3, 0.4) is 0 Å². The van der Waals surface area contributed by atoms with Crippen LogP contribution in [-0.4, -0.2) is 24.0 Å². The van der Waals surface area contributed by atoms with Crippen molar-refractivity contribution in [2.75, 3.05) is 13.2 Å².